The number of carbonyl (C=O) groups is 1. The van der Waals surface area contributed by atoms with Crippen LogP contribution >= 0.6 is 35.3 Å². The van der Waals surface area contributed by atoms with Crippen LogP contribution in [0.15, 0.2) is 12.1 Å². The first-order chi connectivity index (χ1) is 8.99. The van der Waals surface area contributed by atoms with Gasteiger partial charge < -0.3 is 10.6 Å². The largest absolute Gasteiger partial charge is 0.342 e. The molecule has 20 heavy (non-hydrogen) atoms. The molecule has 3 nitrogen and oxygen atoms in total. The summed E-state index contributed by atoms with van der Waals surface area (Å²) in [5.41, 5.74) is 5.97. The van der Waals surface area contributed by atoms with Gasteiger partial charge in [0.25, 0.3) is 0 Å². The zero-order chi connectivity index (χ0) is 14.0. The van der Waals surface area contributed by atoms with Crippen LogP contribution < -0.4 is 5.73 Å². The van der Waals surface area contributed by atoms with Gasteiger partial charge in [0.1, 0.15) is 0 Å². The Bertz CT molecular complexity index is 450. The normalized spacial score (nSPS) is 22.0. The minimum atomic E-state index is -0.107. The molecular weight excluding hydrogens is 315 g/mol. The van der Waals surface area contributed by atoms with Crippen molar-refractivity contribution in [2.75, 3.05) is 13.1 Å². The molecule has 2 heterocycles. The number of halogens is 2. The van der Waals surface area contributed by atoms with E-state index in [1.807, 2.05) is 30.9 Å². The van der Waals surface area contributed by atoms with E-state index in [0.29, 0.717) is 5.92 Å². The molecule has 0 bridgehead atoms. The Kier molecular flexibility index (Phi) is 6.79. The summed E-state index contributed by atoms with van der Waals surface area (Å²) in [7, 11) is 0. The molecule has 1 aromatic rings. The van der Waals surface area contributed by atoms with Gasteiger partial charge in [0.15, 0.2) is 0 Å². The Morgan fingerprint density at radius 2 is 2.20 bits per heavy atom. The first-order valence-corrected chi connectivity index (χ1v) is 7.98. The van der Waals surface area contributed by atoms with E-state index in [1.165, 1.54) is 11.3 Å². The number of hydrogen-bond acceptors (Lipinski definition) is 3. The highest BCUT2D eigenvalue weighted by Crippen LogP contribution is 2.30. The van der Waals surface area contributed by atoms with Gasteiger partial charge >= 0.3 is 0 Å². The highest BCUT2D eigenvalue weighted by molar-refractivity contribution is 7.16. The molecule has 3 atom stereocenters. The van der Waals surface area contributed by atoms with Crippen molar-refractivity contribution in [2.45, 2.75) is 38.6 Å². The Hall–Kier alpha value is -0.290. The van der Waals surface area contributed by atoms with Crippen LogP contribution in [0.1, 0.15) is 37.5 Å². The zero-order valence-electron chi connectivity index (χ0n) is 11.8. The number of piperidine rings is 1. The fourth-order valence-electron chi connectivity index (χ4n) is 2.60. The number of thiophene rings is 1. The molecule has 1 saturated heterocycles. The van der Waals surface area contributed by atoms with Crippen LogP contribution in [0, 0.1) is 5.92 Å². The predicted molar refractivity (Wildman–Crippen MR) is 87.9 cm³/mol. The molecule has 1 aromatic heterocycles. The quantitative estimate of drug-likeness (QED) is 0.917. The molecule has 1 aliphatic heterocycles. The van der Waals surface area contributed by atoms with Crippen LogP contribution in [0.4, 0.5) is 0 Å². The van der Waals surface area contributed by atoms with Gasteiger partial charge in [-0.15, -0.1) is 23.7 Å². The molecule has 1 aliphatic rings. The molecular formula is C14H22Cl2N2OS. The van der Waals surface area contributed by atoms with Gasteiger partial charge in [0.2, 0.25) is 5.91 Å². The van der Waals surface area contributed by atoms with E-state index in [4.69, 9.17) is 17.3 Å². The number of hydrogen-bond donors (Lipinski definition) is 1. The van der Waals surface area contributed by atoms with Crippen molar-refractivity contribution in [3.63, 3.8) is 0 Å². The maximum atomic E-state index is 12.5. The van der Waals surface area contributed by atoms with Crippen LogP contribution in [0.5, 0.6) is 0 Å². The second-order valence-corrected chi connectivity index (χ2v) is 7.16. The van der Waals surface area contributed by atoms with Crippen molar-refractivity contribution >= 4 is 41.3 Å². The third kappa shape index (κ3) is 4.10. The lowest BCUT2D eigenvalue weighted by Gasteiger charge is -2.35. The number of nitrogens with two attached hydrogens (primary N) is 1. The molecule has 6 heteroatoms. The van der Waals surface area contributed by atoms with Crippen molar-refractivity contribution in [3.05, 3.63) is 21.3 Å². The number of rotatable bonds is 3. The molecule has 114 valence electrons. The van der Waals surface area contributed by atoms with E-state index >= 15 is 0 Å². The first kappa shape index (κ1) is 17.8. The van der Waals surface area contributed by atoms with E-state index in [0.717, 1.165) is 35.1 Å². The molecule has 2 rings (SSSR count). The molecule has 0 aromatic carbocycles. The fourth-order valence-corrected chi connectivity index (χ4v) is 3.70. The summed E-state index contributed by atoms with van der Waals surface area (Å²) in [4.78, 5) is 15.5. The third-order valence-electron chi connectivity index (χ3n) is 3.90. The van der Waals surface area contributed by atoms with E-state index in [9.17, 15) is 4.79 Å². The van der Waals surface area contributed by atoms with Crippen LogP contribution in [0.3, 0.4) is 0 Å². The first-order valence-electron chi connectivity index (χ1n) is 6.78. The molecule has 1 fully saturated rings. The molecule has 0 spiro atoms. The van der Waals surface area contributed by atoms with E-state index in [1.54, 1.807) is 0 Å². The maximum Gasteiger partial charge on any atom is 0.230 e. The molecule has 0 aliphatic carbocycles. The lowest BCUT2D eigenvalue weighted by atomic mass is 9.91. The summed E-state index contributed by atoms with van der Waals surface area (Å²) in [6, 6.07) is 3.96. The second kappa shape index (κ2) is 7.64. The van der Waals surface area contributed by atoms with Gasteiger partial charge in [-0.3, -0.25) is 4.79 Å². The van der Waals surface area contributed by atoms with Gasteiger partial charge in [0.05, 0.1) is 10.3 Å². The van der Waals surface area contributed by atoms with Gasteiger partial charge in [-0.25, -0.2) is 0 Å². The van der Waals surface area contributed by atoms with Crippen molar-refractivity contribution in [3.8, 4) is 0 Å². The average Bonchev–Trinajstić information content (AvgIpc) is 2.84. The SMILES string of the molecule is CC(C(=O)N1CCCC(C(C)N)C1)c1ccc(Cl)s1.Cl. The van der Waals surface area contributed by atoms with E-state index < -0.39 is 0 Å². The van der Waals surface area contributed by atoms with Gasteiger partial charge in [-0.1, -0.05) is 11.6 Å². The summed E-state index contributed by atoms with van der Waals surface area (Å²) in [6.07, 6.45) is 2.18. The fraction of sp³-hybridized carbons (Fsp3) is 0.643. The minimum absolute atomic E-state index is 0. The predicted octanol–water partition coefficient (Wildman–Crippen LogP) is 3.51. The van der Waals surface area contributed by atoms with Crippen LogP contribution in [-0.4, -0.2) is 29.9 Å². The third-order valence-corrected chi connectivity index (χ3v) is 5.32. The Morgan fingerprint density at radius 1 is 1.50 bits per heavy atom. The highest BCUT2D eigenvalue weighted by Gasteiger charge is 2.29. The summed E-state index contributed by atoms with van der Waals surface area (Å²) >= 11 is 7.43. The summed E-state index contributed by atoms with van der Waals surface area (Å²) in [5, 5.41) is 0. The minimum Gasteiger partial charge on any atom is -0.342 e. The molecule has 1 amide bonds. The number of nitrogens with zero attached hydrogens (tertiary/aromatic N) is 1. The second-order valence-electron chi connectivity index (χ2n) is 5.41. The van der Waals surface area contributed by atoms with Crippen molar-refractivity contribution < 1.29 is 4.79 Å². The van der Waals surface area contributed by atoms with Gasteiger partial charge in [-0.05, 0) is 44.7 Å². The van der Waals surface area contributed by atoms with Gasteiger partial charge in [0, 0.05) is 24.0 Å². The van der Waals surface area contributed by atoms with E-state index in [2.05, 4.69) is 0 Å². The lowest BCUT2D eigenvalue weighted by molar-refractivity contribution is -0.134. The highest BCUT2D eigenvalue weighted by atomic mass is 35.5. The monoisotopic (exact) mass is 336 g/mol. The number of likely N-dealkylation sites (tertiary alicyclic amines) is 1. The smallest absolute Gasteiger partial charge is 0.230 e. The summed E-state index contributed by atoms with van der Waals surface area (Å²) in [6.45, 7) is 5.63. The Morgan fingerprint density at radius 3 is 2.75 bits per heavy atom. The van der Waals surface area contributed by atoms with E-state index in [-0.39, 0.29) is 30.3 Å². The van der Waals surface area contributed by atoms with Crippen LogP contribution in [0.2, 0.25) is 4.34 Å². The molecule has 0 saturated carbocycles. The van der Waals surface area contributed by atoms with Crippen LogP contribution in [-0.2, 0) is 4.79 Å². The van der Waals surface area contributed by atoms with Crippen molar-refractivity contribution in [1.29, 1.82) is 0 Å². The molecule has 0 radical (unpaired) electrons. The summed E-state index contributed by atoms with van der Waals surface area (Å²) in [5.74, 6) is 0.519. The zero-order valence-corrected chi connectivity index (χ0v) is 14.2. The standard InChI is InChI=1S/C14H21ClN2OS.ClH/c1-9(12-5-6-13(15)19-12)14(18)17-7-3-4-11(8-17)10(2)16;/h5-6,9-11H,3-4,7-8,16H2,1-2H3;1H. The Labute approximate surface area is 135 Å². The van der Waals surface area contributed by atoms with Crippen molar-refractivity contribution in [1.82, 2.24) is 4.90 Å². The van der Waals surface area contributed by atoms with Crippen LogP contribution in [0.25, 0.3) is 0 Å². The maximum absolute atomic E-state index is 12.5. The Balaban J connectivity index is 0.00000200. The molecule has 3 unspecified atom stereocenters. The number of carbonyl (C=O) groups excluding carboxylic acids is 1. The lowest BCUT2D eigenvalue weighted by Crippen LogP contribution is -2.46. The summed E-state index contributed by atoms with van der Waals surface area (Å²) < 4.78 is 0.738. The average molecular weight is 337 g/mol. The number of amides is 1. The van der Waals surface area contributed by atoms with Crippen molar-refractivity contribution in [2.24, 2.45) is 11.7 Å². The van der Waals surface area contributed by atoms with Gasteiger partial charge in [-0.2, -0.15) is 0 Å². The topological polar surface area (TPSA) is 46.3 Å². The molecule has 2 N–H and O–H groups in total.